The molecule has 1 fully saturated rings. The molecule has 1 aliphatic heterocycles. The maximum atomic E-state index is 12.7. The number of benzene rings is 1. The number of hydrogen-bond acceptors (Lipinski definition) is 7. The molecule has 0 aliphatic carbocycles. The van der Waals surface area contributed by atoms with E-state index < -0.39 is 15.8 Å². The molecule has 11 heteroatoms. The van der Waals surface area contributed by atoms with E-state index in [9.17, 15) is 18.0 Å². The number of anilines is 1. The number of hydrogen-bond donors (Lipinski definition) is 1. The molecule has 0 saturated carbocycles. The molecule has 1 saturated heterocycles. The largest absolute Gasteiger partial charge is 0.419 e. The van der Waals surface area contributed by atoms with Gasteiger partial charge in [0.05, 0.1) is 10.4 Å². The summed E-state index contributed by atoms with van der Waals surface area (Å²) in [5, 5.41) is 6.26. The fourth-order valence-electron chi connectivity index (χ4n) is 3.34. The third kappa shape index (κ3) is 3.83. The average molecular weight is 420 g/mol. The Hall–Kier alpha value is -2.92. The molecule has 1 N–H and O–H groups in total. The second kappa shape index (κ2) is 7.48. The van der Waals surface area contributed by atoms with Gasteiger partial charge >= 0.3 is 5.76 Å². The van der Waals surface area contributed by atoms with Crippen molar-refractivity contribution in [3.63, 3.8) is 0 Å². The van der Waals surface area contributed by atoms with Gasteiger partial charge in [0.2, 0.25) is 15.9 Å². The van der Waals surface area contributed by atoms with Gasteiger partial charge in [-0.2, -0.15) is 4.31 Å². The number of aryl methyl sites for hydroxylation is 2. The van der Waals surface area contributed by atoms with Crippen molar-refractivity contribution >= 4 is 32.8 Å². The van der Waals surface area contributed by atoms with Crippen LogP contribution in [0.3, 0.4) is 0 Å². The Morgan fingerprint density at radius 1 is 1.24 bits per heavy atom. The zero-order chi connectivity index (χ0) is 20.6. The van der Waals surface area contributed by atoms with E-state index in [1.807, 2.05) is 0 Å². The van der Waals surface area contributed by atoms with Crippen LogP contribution < -0.4 is 11.1 Å². The number of fused-ring (bicyclic) bond motifs is 1. The summed E-state index contributed by atoms with van der Waals surface area (Å²) in [6.45, 7) is 2.77. The van der Waals surface area contributed by atoms with Crippen molar-refractivity contribution in [2.24, 2.45) is 0 Å². The summed E-state index contributed by atoms with van der Waals surface area (Å²) in [5.74, 6) is -0.126. The molecule has 1 amide bonds. The lowest BCUT2D eigenvalue weighted by Crippen LogP contribution is -2.27. The van der Waals surface area contributed by atoms with Crippen LogP contribution in [0, 0.1) is 6.92 Å². The standard InChI is InChI=1S/C18H20N4O6S/c1-12-10-16(20-28-12)19-17(23)6-9-22-14-5-4-13(11-15(14)27-18(22)24)29(25,26)21-7-2-3-8-21/h4-5,10-11H,2-3,6-9H2,1H3,(H,19,20,23). The first-order chi connectivity index (χ1) is 13.8. The Labute approximate surface area is 166 Å². The first-order valence-electron chi connectivity index (χ1n) is 9.21. The highest BCUT2D eigenvalue weighted by Gasteiger charge is 2.28. The minimum atomic E-state index is -3.61. The van der Waals surface area contributed by atoms with Crippen LogP contribution in [0.15, 0.2) is 42.9 Å². The minimum Gasteiger partial charge on any atom is -0.408 e. The molecule has 1 aromatic carbocycles. The van der Waals surface area contributed by atoms with Crippen LogP contribution in [-0.2, 0) is 21.4 Å². The first kappa shape index (κ1) is 19.4. The highest BCUT2D eigenvalue weighted by Crippen LogP contribution is 2.24. The van der Waals surface area contributed by atoms with E-state index in [4.69, 9.17) is 8.94 Å². The Balaban J connectivity index is 1.52. The van der Waals surface area contributed by atoms with Crippen molar-refractivity contribution in [3.05, 3.63) is 40.6 Å². The van der Waals surface area contributed by atoms with Gasteiger partial charge in [-0.15, -0.1) is 0 Å². The summed E-state index contributed by atoms with van der Waals surface area (Å²) in [4.78, 5) is 24.4. The summed E-state index contributed by atoms with van der Waals surface area (Å²) < 4.78 is 38.2. The number of nitrogens with one attached hydrogen (secondary N) is 1. The number of sulfonamides is 1. The Morgan fingerprint density at radius 3 is 2.69 bits per heavy atom. The van der Waals surface area contributed by atoms with Crippen LogP contribution in [0.2, 0.25) is 0 Å². The van der Waals surface area contributed by atoms with E-state index in [1.165, 1.54) is 27.1 Å². The van der Waals surface area contributed by atoms with E-state index in [1.54, 1.807) is 13.0 Å². The van der Waals surface area contributed by atoms with Crippen molar-refractivity contribution in [2.75, 3.05) is 18.4 Å². The summed E-state index contributed by atoms with van der Waals surface area (Å²) in [6, 6.07) is 5.93. The molecule has 0 atom stereocenters. The highest BCUT2D eigenvalue weighted by molar-refractivity contribution is 7.89. The van der Waals surface area contributed by atoms with E-state index in [0.717, 1.165) is 12.8 Å². The summed E-state index contributed by atoms with van der Waals surface area (Å²) in [5.41, 5.74) is 0.600. The third-order valence-corrected chi connectivity index (χ3v) is 6.70. The van der Waals surface area contributed by atoms with Crippen molar-refractivity contribution in [2.45, 2.75) is 37.6 Å². The maximum absolute atomic E-state index is 12.7. The van der Waals surface area contributed by atoms with Gasteiger partial charge in [-0.25, -0.2) is 13.2 Å². The van der Waals surface area contributed by atoms with Gasteiger partial charge in [-0.3, -0.25) is 9.36 Å². The zero-order valence-electron chi connectivity index (χ0n) is 15.8. The second-order valence-electron chi connectivity index (χ2n) is 6.88. The van der Waals surface area contributed by atoms with Gasteiger partial charge in [-0.05, 0) is 31.9 Å². The van der Waals surface area contributed by atoms with Crippen LogP contribution in [0.5, 0.6) is 0 Å². The van der Waals surface area contributed by atoms with E-state index in [0.29, 0.717) is 30.2 Å². The summed E-state index contributed by atoms with van der Waals surface area (Å²) >= 11 is 0. The van der Waals surface area contributed by atoms with E-state index in [2.05, 4.69) is 10.5 Å². The summed E-state index contributed by atoms with van der Waals surface area (Å²) in [7, 11) is -3.61. The number of carbonyl (C=O) groups excluding carboxylic acids is 1. The molecule has 0 unspecified atom stereocenters. The Bertz CT molecular complexity index is 1220. The second-order valence-corrected chi connectivity index (χ2v) is 8.82. The fourth-order valence-corrected chi connectivity index (χ4v) is 4.87. The average Bonchev–Trinajstić information content (AvgIpc) is 3.40. The van der Waals surface area contributed by atoms with Gasteiger partial charge in [0.15, 0.2) is 11.4 Å². The number of carbonyl (C=O) groups is 1. The topological polar surface area (TPSA) is 128 Å². The molecule has 3 heterocycles. The van der Waals surface area contributed by atoms with Gasteiger partial charge in [0, 0.05) is 38.2 Å². The van der Waals surface area contributed by atoms with Crippen LogP contribution in [-0.4, -0.2) is 41.4 Å². The lowest BCUT2D eigenvalue weighted by molar-refractivity contribution is -0.116. The molecule has 1 aliphatic rings. The number of amides is 1. The van der Waals surface area contributed by atoms with E-state index in [-0.39, 0.29) is 29.4 Å². The molecular formula is C18H20N4O6S. The Kier molecular flexibility index (Phi) is 5.01. The van der Waals surface area contributed by atoms with E-state index >= 15 is 0 Å². The van der Waals surface area contributed by atoms with Crippen molar-refractivity contribution in [3.8, 4) is 0 Å². The molecular weight excluding hydrogens is 400 g/mol. The zero-order valence-corrected chi connectivity index (χ0v) is 16.6. The number of nitrogens with zero attached hydrogens (tertiary/aromatic N) is 3. The quantitative estimate of drug-likeness (QED) is 0.643. The lowest BCUT2D eigenvalue weighted by atomic mass is 10.3. The third-order valence-electron chi connectivity index (χ3n) is 4.80. The van der Waals surface area contributed by atoms with Crippen LogP contribution >= 0.6 is 0 Å². The minimum absolute atomic E-state index is 0.00821. The van der Waals surface area contributed by atoms with Crippen LogP contribution in [0.1, 0.15) is 25.0 Å². The van der Waals surface area contributed by atoms with Gasteiger partial charge in [0.1, 0.15) is 5.76 Å². The highest BCUT2D eigenvalue weighted by atomic mass is 32.2. The monoisotopic (exact) mass is 420 g/mol. The molecule has 10 nitrogen and oxygen atoms in total. The van der Waals surface area contributed by atoms with Crippen molar-refractivity contribution < 1.29 is 22.2 Å². The predicted octanol–water partition coefficient (Wildman–Crippen LogP) is 1.70. The molecule has 3 aromatic rings. The first-order valence-corrected chi connectivity index (χ1v) is 10.7. The molecule has 0 radical (unpaired) electrons. The summed E-state index contributed by atoms with van der Waals surface area (Å²) in [6.07, 6.45) is 1.68. The molecule has 29 heavy (non-hydrogen) atoms. The fraction of sp³-hybridized carbons (Fsp3) is 0.389. The molecule has 0 spiro atoms. The maximum Gasteiger partial charge on any atom is 0.419 e. The number of oxazole rings is 1. The van der Waals surface area contributed by atoms with Gasteiger partial charge < -0.3 is 14.3 Å². The molecule has 154 valence electrons. The van der Waals surface area contributed by atoms with Gasteiger partial charge in [0.25, 0.3) is 0 Å². The Morgan fingerprint density at radius 2 is 2.00 bits per heavy atom. The van der Waals surface area contributed by atoms with Crippen LogP contribution in [0.25, 0.3) is 11.1 Å². The van der Waals surface area contributed by atoms with Crippen molar-refractivity contribution in [1.29, 1.82) is 0 Å². The lowest BCUT2D eigenvalue weighted by Gasteiger charge is -2.15. The smallest absolute Gasteiger partial charge is 0.408 e. The van der Waals surface area contributed by atoms with Crippen molar-refractivity contribution in [1.82, 2.24) is 14.0 Å². The number of rotatable bonds is 6. The molecule has 4 rings (SSSR count). The van der Waals surface area contributed by atoms with Crippen LogP contribution in [0.4, 0.5) is 5.82 Å². The normalized spacial score (nSPS) is 15.2. The molecule has 2 aromatic heterocycles. The SMILES string of the molecule is Cc1cc(NC(=O)CCn2c(=O)oc3cc(S(=O)(=O)N4CCCC4)ccc32)no1. The predicted molar refractivity (Wildman–Crippen MR) is 103 cm³/mol. The number of aromatic nitrogens is 2. The van der Waals surface area contributed by atoms with Gasteiger partial charge in [-0.1, -0.05) is 5.16 Å². The molecule has 0 bridgehead atoms.